The fraction of sp³-hybridized carbons (Fsp3) is 0.316. The number of likely N-dealkylation sites (tertiary alicyclic amines) is 1. The number of hydrogen-bond donors (Lipinski definition) is 2. The predicted molar refractivity (Wildman–Crippen MR) is 101 cm³/mol. The number of aromatic amines is 2. The lowest BCUT2D eigenvalue weighted by molar-refractivity contribution is -0.138. The molecule has 150 valence electrons. The number of aromatic nitrogens is 4. The van der Waals surface area contributed by atoms with E-state index in [0.717, 1.165) is 12.8 Å². The van der Waals surface area contributed by atoms with Gasteiger partial charge in [0.15, 0.2) is 6.61 Å². The number of benzene rings is 1. The topological polar surface area (TPSA) is 134 Å². The molecule has 1 aliphatic heterocycles. The number of para-hydroxylation sites is 1. The van der Waals surface area contributed by atoms with Crippen molar-refractivity contribution in [3.05, 3.63) is 63.3 Å². The first-order valence-corrected chi connectivity index (χ1v) is 9.25. The van der Waals surface area contributed by atoms with Crippen LogP contribution in [0.2, 0.25) is 0 Å². The number of carbonyl (C=O) groups is 1. The molecule has 0 aliphatic carbocycles. The second-order valence-electron chi connectivity index (χ2n) is 6.64. The van der Waals surface area contributed by atoms with E-state index in [1.54, 1.807) is 17.0 Å². The van der Waals surface area contributed by atoms with Crippen molar-refractivity contribution in [3.8, 4) is 17.1 Å². The normalized spacial score (nSPS) is 16.6. The SMILES string of the molecule is O=C(COc1ccccc1)N1CCCCC1c1nc(-c2c[nH]c(=O)[nH]c2=O)no1. The summed E-state index contributed by atoms with van der Waals surface area (Å²) in [7, 11) is 0. The maximum absolute atomic E-state index is 12.7. The standard InChI is InChI=1S/C19H19N5O5/c25-15(11-28-12-6-2-1-3-7-12)24-9-5-4-8-14(24)18-21-16(23-29-18)13-10-20-19(27)22-17(13)26/h1-3,6-7,10,14H,4-5,8-9,11H2,(H2,20,22,26,27). The van der Waals surface area contributed by atoms with Gasteiger partial charge in [-0.1, -0.05) is 23.4 Å². The monoisotopic (exact) mass is 397 g/mol. The molecule has 2 N–H and O–H groups in total. The Morgan fingerprint density at radius 3 is 2.86 bits per heavy atom. The lowest BCUT2D eigenvalue weighted by Gasteiger charge is -2.33. The Morgan fingerprint density at radius 1 is 1.24 bits per heavy atom. The van der Waals surface area contributed by atoms with Gasteiger partial charge in [-0.15, -0.1) is 0 Å². The maximum atomic E-state index is 12.7. The van der Waals surface area contributed by atoms with E-state index in [2.05, 4.69) is 20.1 Å². The van der Waals surface area contributed by atoms with Crippen LogP contribution in [0, 0.1) is 0 Å². The van der Waals surface area contributed by atoms with Gasteiger partial charge in [0.25, 0.3) is 11.5 Å². The van der Waals surface area contributed by atoms with Crippen molar-refractivity contribution >= 4 is 5.91 Å². The highest BCUT2D eigenvalue weighted by molar-refractivity contribution is 5.78. The van der Waals surface area contributed by atoms with Gasteiger partial charge in [-0.05, 0) is 31.4 Å². The van der Waals surface area contributed by atoms with Crippen LogP contribution in [-0.2, 0) is 4.79 Å². The molecule has 3 aromatic rings. The van der Waals surface area contributed by atoms with E-state index >= 15 is 0 Å². The summed E-state index contributed by atoms with van der Waals surface area (Å²) < 4.78 is 10.9. The Hall–Kier alpha value is -3.69. The summed E-state index contributed by atoms with van der Waals surface area (Å²) in [4.78, 5) is 46.3. The van der Waals surface area contributed by atoms with Gasteiger partial charge < -0.3 is 19.1 Å². The molecule has 10 nitrogen and oxygen atoms in total. The second kappa shape index (κ2) is 8.13. The highest BCUT2D eigenvalue weighted by Gasteiger charge is 2.32. The Kier molecular flexibility index (Phi) is 5.23. The summed E-state index contributed by atoms with van der Waals surface area (Å²) in [5.74, 6) is 0.737. The molecule has 0 radical (unpaired) electrons. The molecule has 1 atom stereocenters. The zero-order valence-corrected chi connectivity index (χ0v) is 15.5. The molecule has 1 aliphatic rings. The molecule has 1 saturated heterocycles. The Bertz CT molecular complexity index is 1100. The first kappa shape index (κ1) is 18.7. The molecular weight excluding hydrogens is 378 g/mol. The summed E-state index contributed by atoms with van der Waals surface area (Å²) in [5, 5.41) is 3.84. The van der Waals surface area contributed by atoms with Gasteiger partial charge in [-0.2, -0.15) is 4.98 Å². The summed E-state index contributed by atoms with van der Waals surface area (Å²) in [5.41, 5.74) is -1.15. The van der Waals surface area contributed by atoms with E-state index < -0.39 is 17.3 Å². The highest BCUT2D eigenvalue weighted by atomic mass is 16.5. The van der Waals surface area contributed by atoms with Crippen LogP contribution in [0.3, 0.4) is 0 Å². The van der Waals surface area contributed by atoms with Crippen LogP contribution in [-0.4, -0.2) is 44.1 Å². The molecule has 10 heteroatoms. The van der Waals surface area contributed by atoms with E-state index in [-0.39, 0.29) is 29.8 Å². The van der Waals surface area contributed by atoms with Gasteiger partial charge in [0.05, 0.1) is 0 Å². The van der Waals surface area contributed by atoms with Crippen LogP contribution in [0.5, 0.6) is 5.75 Å². The van der Waals surface area contributed by atoms with E-state index in [9.17, 15) is 14.4 Å². The largest absolute Gasteiger partial charge is 0.484 e. The number of amides is 1. The van der Waals surface area contributed by atoms with Gasteiger partial charge in [0.1, 0.15) is 17.4 Å². The molecule has 1 aromatic carbocycles. The molecule has 0 saturated carbocycles. The third kappa shape index (κ3) is 4.10. The van der Waals surface area contributed by atoms with Crippen molar-refractivity contribution in [2.45, 2.75) is 25.3 Å². The summed E-state index contributed by atoms with van der Waals surface area (Å²) in [6, 6.07) is 8.72. The quantitative estimate of drug-likeness (QED) is 0.661. The first-order valence-electron chi connectivity index (χ1n) is 9.25. The average molecular weight is 397 g/mol. The van der Waals surface area contributed by atoms with Gasteiger partial charge in [0, 0.05) is 12.7 Å². The van der Waals surface area contributed by atoms with E-state index in [1.165, 1.54) is 6.20 Å². The highest BCUT2D eigenvalue weighted by Crippen LogP contribution is 2.30. The molecule has 0 spiro atoms. The maximum Gasteiger partial charge on any atom is 0.325 e. The van der Waals surface area contributed by atoms with E-state index in [0.29, 0.717) is 18.7 Å². The predicted octanol–water partition coefficient (Wildman–Crippen LogP) is 1.25. The van der Waals surface area contributed by atoms with Crippen molar-refractivity contribution in [2.75, 3.05) is 13.2 Å². The number of nitrogens with one attached hydrogen (secondary N) is 2. The zero-order valence-electron chi connectivity index (χ0n) is 15.5. The van der Waals surface area contributed by atoms with Crippen molar-refractivity contribution in [1.29, 1.82) is 0 Å². The molecule has 2 aromatic heterocycles. The average Bonchev–Trinajstić information content (AvgIpc) is 3.22. The molecule has 1 unspecified atom stereocenters. The number of hydrogen-bond acceptors (Lipinski definition) is 7. The van der Waals surface area contributed by atoms with Crippen LogP contribution < -0.4 is 16.0 Å². The van der Waals surface area contributed by atoms with Crippen molar-refractivity contribution in [3.63, 3.8) is 0 Å². The number of ether oxygens (including phenoxy) is 1. The molecule has 3 heterocycles. The first-order chi connectivity index (χ1) is 14.1. The van der Waals surface area contributed by atoms with Crippen LogP contribution in [0.25, 0.3) is 11.4 Å². The van der Waals surface area contributed by atoms with E-state index in [4.69, 9.17) is 9.26 Å². The Labute approximate surface area is 164 Å². The Morgan fingerprint density at radius 2 is 2.07 bits per heavy atom. The fourth-order valence-corrected chi connectivity index (χ4v) is 3.29. The molecule has 0 bridgehead atoms. The minimum atomic E-state index is -0.620. The van der Waals surface area contributed by atoms with Crippen LogP contribution >= 0.6 is 0 Å². The van der Waals surface area contributed by atoms with Gasteiger partial charge in [0.2, 0.25) is 11.7 Å². The van der Waals surface area contributed by atoms with Crippen LogP contribution in [0.15, 0.2) is 50.6 Å². The van der Waals surface area contributed by atoms with Crippen molar-refractivity contribution < 1.29 is 14.1 Å². The van der Waals surface area contributed by atoms with Gasteiger partial charge in [-0.25, -0.2) is 4.79 Å². The van der Waals surface area contributed by atoms with Gasteiger partial charge in [-0.3, -0.25) is 14.6 Å². The number of piperidine rings is 1. The third-order valence-corrected chi connectivity index (χ3v) is 4.72. The van der Waals surface area contributed by atoms with Crippen molar-refractivity contribution in [1.82, 2.24) is 25.0 Å². The summed E-state index contributed by atoms with van der Waals surface area (Å²) in [6.45, 7) is 0.458. The zero-order chi connectivity index (χ0) is 20.2. The van der Waals surface area contributed by atoms with Crippen LogP contribution in [0.4, 0.5) is 0 Å². The summed E-state index contributed by atoms with van der Waals surface area (Å²) in [6.07, 6.45) is 3.67. The molecule has 1 fully saturated rings. The van der Waals surface area contributed by atoms with E-state index in [1.807, 2.05) is 18.2 Å². The smallest absolute Gasteiger partial charge is 0.325 e. The number of H-pyrrole nitrogens is 2. The lowest BCUT2D eigenvalue weighted by Crippen LogP contribution is -2.41. The van der Waals surface area contributed by atoms with Crippen molar-refractivity contribution in [2.24, 2.45) is 0 Å². The second-order valence-corrected chi connectivity index (χ2v) is 6.64. The fourth-order valence-electron chi connectivity index (χ4n) is 3.29. The van der Waals surface area contributed by atoms with Crippen LogP contribution in [0.1, 0.15) is 31.2 Å². The Balaban J connectivity index is 1.51. The minimum Gasteiger partial charge on any atom is -0.484 e. The molecule has 4 rings (SSSR count). The molecular formula is C19H19N5O5. The minimum absolute atomic E-state index is 0.0519. The van der Waals surface area contributed by atoms with Gasteiger partial charge >= 0.3 is 5.69 Å². The third-order valence-electron chi connectivity index (χ3n) is 4.72. The number of nitrogens with zero attached hydrogens (tertiary/aromatic N) is 3. The summed E-state index contributed by atoms with van der Waals surface area (Å²) >= 11 is 0. The molecule has 29 heavy (non-hydrogen) atoms. The molecule has 1 amide bonds. The number of rotatable bonds is 5. The number of carbonyl (C=O) groups excluding carboxylic acids is 1. The lowest BCUT2D eigenvalue weighted by atomic mass is 10.0.